The first kappa shape index (κ1) is 31.0. The molecule has 40 heavy (non-hydrogen) atoms. The van der Waals surface area contributed by atoms with Crippen LogP contribution in [0, 0.1) is 13.8 Å². The number of ether oxygens (including phenoxy) is 1. The molecule has 1 N–H and O–H groups in total. The molecule has 0 saturated carbocycles. The molecule has 0 unspecified atom stereocenters. The summed E-state index contributed by atoms with van der Waals surface area (Å²) in [5.41, 5.74) is 2.46. The fourth-order valence-corrected chi connectivity index (χ4v) is 5.76. The number of hydrogen-bond donors (Lipinski definition) is 1. The van der Waals surface area contributed by atoms with E-state index in [4.69, 9.17) is 16.3 Å². The Morgan fingerprint density at radius 1 is 1.00 bits per heavy atom. The Kier molecular flexibility index (Phi) is 10.6. The van der Waals surface area contributed by atoms with E-state index in [1.54, 1.807) is 75.6 Å². The first-order valence-corrected chi connectivity index (χ1v) is 14.9. The molecule has 8 nitrogen and oxygen atoms in total. The van der Waals surface area contributed by atoms with Gasteiger partial charge in [-0.2, -0.15) is 0 Å². The van der Waals surface area contributed by atoms with E-state index < -0.39 is 28.5 Å². The monoisotopic (exact) mass is 585 g/mol. The third-order valence-electron chi connectivity index (χ3n) is 6.62. The first-order valence-electron chi connectivity index (χ1n) is 13.0. The van der Waals surface area contributed by atoms with Crippen LogP contribution in [0.15, 0.2) is 71.6 Å². The van der Waals surface area contributed by atoms with Crippen molar-refractivity contribution in [3.8, 4) is 5.75 Å². The summed E-state index contributed by atoms with van der Waals surface area (Å²) >= 11 is 6.37. The molecular weight excluding hydrogens is 550 g/mol. The summed E-state index contributed by atoms with van der Waals surface area (Å²) in [4.78, 5) is 28.4. The van der Waals surface area contributed by atoms with Gasteiger partial charge in [0.25, 0.3) is 10.0 Å². The van der Waals surface area contributed by atoms with Crippen molar-refractivity contribution in [1.29, 1.82) is 0 Å². The number of nitrogens with zero attached hydrogens (tertiary/aromatic N) is 2. The van der Waals surface area contributed by atoms with E-state index in [0.717, 1.165) is 21.9 Å². The predicted molar refractivity (Wildman–Crippen MR) is 158 cm³/mol. The fourth-order valence-electron chi connectivity index (χ4n) is 4.12. The SMILES string of the molecule is CCCNC(=O)[C@@H](C)N(Cc1ccc(OC)cc1)C(=O)CN(c1cccc(Cl)c1C)S(=O)(=O)c1ccc(C)cc1. The number of halogens is 1. The van der Waals surface area contributed by atoms with Crippen LogP contribution in [-0.4, -0.2) is 51.4 Å². The minimum Gasteiger partial charge on any atom is -0.497 e. The molecule has 3 aromatic rings. The lowest BCUT2D eigenvalue weighted by atomic mass is 10.1. The topological polar surface area (TPSA) is 96.0 Å². The summed E-state index contributed by atoms with van der Waals surface area (Å²) in [5.74, 6) is -0.206. The molecular formula is C30H36ClN3O5S. The van der Waals surface area contributed by atoms with E-state index in [-0.39, 0.29) is 23.0 Å². The smallest absolute Gasteiger partial charge is 0.264 e. The molecule has 0 aliphatic rings. The number of methoxy groups -OCH3 is 1. The minimum absolute atomic E-state index is 0.0423. The van der Waals surface area contributed by atoms with Gasteiger partial charge in [-0.25, -0.2) is 8.42 Å². The molecule has 0 saturated heterocycles. The Labute approximate surface area is 241 Å². The molecule has 214 valence electrons. The van der Waals surface area contributed by atoms with Crippen LogP contribution in [0.2, 0.25) is 5.02 Å². The van der Waals surface area contributed by atoms with E-state index in [2.05, 4.69) is 5.32 Å². The molecule has 3 aromatic carbocycles. The highest BCUT2D eigenvalue weighted by molar-refractivity contribution is 7.92. The summed E-state index contributed by atoms with van der Waals surface area (Å²) in [6.45, 7) is 7.16. The number of sulfonamides is 1. The first-order chi connectivity index (χ1) is 19.0. The van der Waals surface area contributed by atoms with E-state index in [1.165, 1.54) is 17.0 Å². The maximum atomic E-state index is 14.0. The Hall–Kier alpha value is -3.56. The number of nitrogens with one attached hydrogen (secondary N) is 1. The molecule has 0 aliphatic heterocycles. The van der Waals surface area contributed by atoms with Crippen molar-refractivity contribution in [2.24, 2.45) is 0 Å². The van der Waals surface area contributed by atoms with Crippen LogP contribution in [0.25, 0.3) is 0 Å². The maximum absolute atomic E-state index is 14.0. The molecule has 3 rings (SSSR count). The number of anilines is 1. The number of hydrogen-bond acceptors (Lipinski definition) is 5. The molecule has 0 aromatic heterocycles. The van der Waals surface area contributed by atoms with Gasteiger partial charge >= 0.3 is 0 Å². The van der Waals surface area contributed by atoms with Crippen molar-refractivity contribution < 1.29 is 22.7 Å². The zero-order chi connectivity index (χ0) is 29.4. The Balaban J connectivity index is 2.05. The van der Waals surface area contributed by atoms with E-state index >= 15 is 0 Å². The van der Waals surface area contributed by atoms with Gasteiger partial charge in [-0.1, -0.05) is 54.4 Å². The van der Waals surface area contributed by atoms with Crippen molar-refractivity contribution in [2.75, 3.05) is 24.5 Å². The molecule has 0 aliphatic carbocycles. The van der Waals surface area contributed by atoms with Crippen molar-refractivity contribution in [1.82, 2.24) is 10.2 Å². The maximum Gasteiger partial charge on any atom is 0.264 e. The average molecular weight is 586 g/mol. The van der Waals surface area contributed by atoms with Gasteiger partial charge in [0, 0.05) is 18.1 Å². The van der Waals surface area contributed by atoms with Gasteiger partial charge < -0.3 is 15.0 Å². The summed E-state index contributed by atoms with van der Waals surface area (Å²) in [5, 5.41) is 3.20. The molecule has 0 fully saturated rings. The quantitative estimate of drug-likeness (QED) is 0.319. The summed E-state index contributed by atoms with van der Waals surface area (Å²) < 4.78 is 34.2. The lowest BCUT2D eigenvalue weighted by Crippen LogP contribution is -2.51. The van der Waals surface area contributed by atoms with Crippen molar-refractivity contribution in [3.05, 3.63) is 88.4 Å². The van der Waals surface area contributed by atoms with Gasteiger partial charge in [0.15, 0.2) is 0 Å². The van der Waals surface area contributed by atoms with Crippen LogP contribution in [0.5, 0.6) is 5.75 Å². The highest BCUT2D eigenvalue weighted by Crippen LogP contribution is 2.31. The van der Waals surface area contributed by atoms with E-state index in [1.807, 2.05) is 13.8 Å². The zero-order valence-corrected chi connectivity index (χ0v) is 25.1. The largest absolute Gasteiger partial charge is 0.497 e. The number of carbonyl (C=O) groups excluding carboxylic acids is 2. The van der Waals surface area contributed by atoms with Crippen molar-refractivity contribution >= 4 is 39.1 Å². The van der Waals surface area contributed by atoms with Crippen LogP contribution in [-0.2, 0) is 26.2 Å². The minimum atomic E-state index is -4.17. The van der Waals surface area contributed by atoms with Gasteiger partial charge in [-0.15, -0.1) is 0 Å². The van der Waals surface area contributed by atoms with Gasteiger partial charge in [0.05, 0.1) is 17.7 Å². The molecule has 0 bridgehead atoms. The van der Waals surface area contributed by atoms with Crippen molar-refractivity contribution in [2.45, 2.75) is 51.6 Å². The van der Waals surface area contributed by atoms with Crippen molar-refractivity contribution in [3.63, 3.8) is 0 Å². The normalized spacial score (nSPS) is 11.9. The number of rotatable bonds is 12. The van der Waals surface area contributed by atoms with Gasteiger partial charge in [0.2, 0.25) is 11.8 Å². The third-order valence-corrected chi connectivity index (χ3v) is 8.81. The fraction of sp³-hybridized carbons (Fsp3) is 0.333. The van der Waals surface area contributed by atoms with Crippen LogP contribution >= 0.6 is 11.6 Å². The molecule has 0 heterocycles. The van der Waals surface area contributed by atoms with Gasteiger partial charge in [0.1, 0.15) is 18.3 Å². The molecule has 0 spiro atoms. The Morgan fingerprint density at radius 3 is 2.25 bits per heavy atom. The second-order valence-electron chi connectivity index (χ2n) is 9.55. The molecule has 10 heteroatoms. The van der Waals surface area contributed by atoms with E-state index in [0.29, 0.717) is 22.9 Å². The number of amides is 2. The number of benzene rings is 3. The zero-order valence-electron chi connectivity index (χ0n) is 23.5. The van der Waals surface area contributed by atoms with Crippen LogP contribution < -0.4 is 14.4 Å². The standard InChI is InChI=1S/C30H36ClN3O5S/c1-6-18-32-30(36)23(4)33(19-24-12-14-25(39-5)15-13-24)29(35)20-34(28-9-7-8-27(31)22(28)3)40(37,38)26-16-10-21(2)11-17-26/h7-17,23H,6,18-20H2,1-5H3,(H,32,36)/t23-/m1/s1. The molecule has 1 atom stereocenters. The summed E-state index contributed by atoms with van der Waals surface area (Å²) in [6.07, 6.45) is 0.738. The second-order valence-corrected chi connectivity index (χ2v) is 11.8. The molecule has 0 radical (unpaired) electrons. The van der Waals surface area contributed by atoms with Crippen LogP contribution in [0.1, 0.15) is 37.0 Å². The van der Waals surface area contributed by atoms with Gasteiger partial charge in [-0.05, 0) is 74.7 Å². The predicted octanol–water partition coefficient (Wildman–Crippen LogP) is 5.10. The van der Waals surface area contributed by atoms with Gasteiger partial charge in [-0.3, -0.25) is 13.9 Å². The lowest BCUT2D eigenvalue weighted by Gasteiger charge is -2.32. The Bertz CT molecular complexity index is 1430. The van der Waals surface area contributed by atoms with Crippen LogP contribution in [0.3, 0.4) is 0 Å². The highest BCUT2D eigenvalue weighted by Gasteiger charge is 2.33. The average Bonchev–Trinajstić information content (AvgIpc) is 2.95. The number of aryl methyl sites for hydroxylation is 1. The third kappa shape index (κ3) is 7.34. The number of carbonyl (C=O) groups is 2. The van der Waals surface area contributed by atoms with Crippen LogP contribution in [0.4, 0.5) is 5.69 Å². The lowest BCUT2D eigenvalue weighted by molar-refractivity contribution is -0.139. The molecule has 2 amide bonds. The highest BCUT2D eigenvalue weighted by atomic mass is 35.5. The summed E-state index contributed by atoms with van der Waals surface area (Å²) in [6, 6.07) is 17.6. The van der Waals surface area contributed by atoms with E-state index in [9.17, 15) is 18.0 Å². The Morgan fingerprint density at radius 2 is 1.65 bits per heavy atom. The summed E-state index contributed by atoms with van der Waals surface area (Å²) in [7, 11) is -2.61. The second kappa shape index (κ2) is 13.7.